The second-order valence-corrected chi connectivity index (χ2v) is 6.66. The van der Waals surface area contributed by atoms with Crippen LogP contribution < -0.4 is 5.32 Å². The maximum Gasteiger partial charge on any atom is 0.410 e. The molecule has 1 aromatic rings. The summed E-state index contributed by atoms with van der Waals surface area (Å²) in [5.41, 5.74) is 0.356. The van der Waals surface area contributed by atoms with Gasteiger partial charge in [0.05, 0.1) is 11.0 Å². The van der Waals surface area contributed by atoms with Crippen molar-refractivity contribution in [3.05, 3.63) is 39.9 Å². The van der Waals surface area contributed by atoms with Gasteiger partial charge in [0.15, 0.2) is 0 Å². The molecule has 7 nitrogen and oxygen atoms in total. The topological polar surface area (TPSA) is 84.7 Å². The van der Waals surface area contributed by atoms with Crippen LogP contribution in [0.2, 0.25) is 0 Å². The van der Waals surface area contributed by atoms with Gasteiger partial charge in [-0.25, -0.2) is 4.79 Å². The standard InChI is InChI=1S/C16H23N3O4/c1-16(2,3)23-15(20)18-8-7-17-11-14(18)10-12-5-4-6-13(9-12)19(21)22/h4-6,9,14,17H,7-8,10-11H2,1-3H3. The first-order valence-electron chi connectivity index (χ1n) is 7.70. The number of nitrogens with one attached hydrogen (secondary N) is 1. The summed E-state index contributed by atoms with van der Waals surface area (Å²) in [7, 11) is 0. The van der Waals surface area contributed by atoms with Crippen molar-refractivity contribution < 1.29 is 14.5 Å². The molecule has 1 N–H and O–H groups in total. The molecular formula is C16H23N3O4. The average Bonchev–Trinajstić information content (AvgIpc) is 2.46. The summed E-state index contributed by atoms with van der Waals surface area (Å²) >= 11 is 0. The number of amides is 1. The van der Waals surface area contributed by atoms with Crippen LogP contribution in [0.25, 0.3) is 0 Å². The van der Waals surface area contributed by atoms with Crippen molar-refractivity contribution in [2.45, 2.75) is 38.8 Å². The summed E-state index contributed by atoms with van der Waals surface area (Å²) in [6.07, 6.45) is 0.211. The van der Waals surface area contributed by atoms with E-state index in [1.807, 2.05) is 26.8 Å². The molecule has 23 heavy (non-hydrogen) atoms. The van der Waals surface area contributed by atoms with Crippen LogP contribution in [0.4, 0.5) is 10.5 Å². The fourth-order valence-corrected chi connectivity index (χ4v) is 2.57. The Morgan fingerprint density at radius 3 is 2.87 bits per heavy atom. The van der Waals surface area contributed by atoms with Crippen molar-refractivity contribution >= 4 is 11.8 Å². The highest BCUT2D eigenvalue weighted by Gasteiger charge is 2.30. The molecule has 1 unspecified atom stereocenters. The minimum absolute atomic E-state index is 0.0649. The number of hydrogen-bond acceptors (Lipinski definition) is 5. The number of carbonyl (C=O) groups is 1. The SMILES string of the molecule is CC(C)(C)OC(=O)N1CCNCC1Cc1cccc([N+](=O)[O-])c1. The Morgan fingerprint density at radius 2 is 2.22 bits per heavy atom. The predicted octanol–water partition coefficient (Wildman–Crippen LogP) is 2.35. The van der Waals surface area contributed by atoms with Gasteiger partial charge in [0.1, 0.15) is 5.60 Å². The maximum atomic E-state index is 12.4. The molecule has 1 fully saturated rings. The molecule has 1 atom stereocenters. The summed E-state index contributed by atoms with van der Waals surface area (Å²) < 4.78 is 5.46. The lowest BCUT2D eigenvalue weighted by atomic mass is 10.0. The van der Waals surface area contributed by atoms with Gasteiger partial charge in [0.2, 0.25) is 0 Å². The molecule has 0 radical (unpaired) electrons. The number of nitro benzene ring substituents is 1. The molecule has 0 aromatic heterocycles. The van der Waals surface area contributed by atoms with E-state index in [1.54, 1.807) is 17.0 Å². The smallest absolute Gasteiger partial charge is 0.410 e. The van der Waals surface area contributed by atoms with Gasteiger partial charge in [-0.15, -0.1) is 0 Å². The van der Waals surface area contributed by atoms with E-state index in [1.165, 1.54) is 6.07 Å². The van der Waals surface area contributed by atoms with Crippen LogP contribution in [-0.2, 0) is 11.2 Å². The van der Waals surface area contributed by atoms with E-state index >= 15 is 0 Å². The number of piperazine rings is 1. The molecule has 1 aromatic carbocycles. The van der Waals surface area contributed by atoms with Gasteiger partial charge in [0, 0.05) is 31.8 Å². The highest BCUT2D eigenvalue weighted by molar-refractivity contribution is 5.68. The summed E-state index contributed by atoms with van der Waals surface area (Å²) in [6.45, 7) is 7.43. The van der Waals surface area contributed by atoms with Crippen LogP contribution in [-0.4, -0.2) is 47.2 Å². The zero-order valence-corrected chi connectivity index (χ0v) is 13.7. The zero-order chi connectivity index (χ0) is 17.0. The quantitative estimate of drug-likeness (QED) is 0.682. The van der Waals surface area contributed by atoms with E-state index in [9.17, 15) is 14.9 Å². The summed E-state index contributed by atoms with van der Waals surface area (Å²) in [5, 5.41) is 14.1. The minimum Gasteiger partial charge on any atom is -0.444 e. The number of carbonyl (C=O) groups excluding carboxylic acids is 1. The van der Waals surface area contributed by atoms with Crippen molar-refractivity contribution in [3.63, 3.8) is 0 Å². The zero-order valence-electron chi connectivity index (χ0n) is 13.7. The molecule has 1 amide bonds. The van der Waals surface area contributed by atoms with Crippen LogP contribution in [0, 0.1) is 10.1 Å². The second kappa shape index (κ2) is 6.95. The molecule has 0 spiro atoms. The Morgan fingerprint density at radius 1 is 1.48 bits per heavy atom. The summed E-state index contributed by atoms with van der Waals surface area (Å²) in [5.74, 6) is 0. The third kappa shape index (κ3) is 4.92. The van der Waals surface area contributed by atoms with E-state index in [4.69, 9.17) is 4.74 Å². The van der Waals surface area contributed by atoms with E-state index in [0.717, 1.165) is 5.56 Å². The Hall–Kier alpha value is -2.15. The third-order valence-corrected chi connectivity index (χ3v) is 3.57. The Labute approximate surface area is 135 Å². The van der Waals surface area contributed by atoms with Crippen LogP contribution in [0.15, 0.2) is 24.3 Å². The molecule has 0 bridgehead atoms. The largest absolute Gasteiger partial charge is 0.444 e. The van der Waals surface area contributed by atoms with Crippen LogP contribution in [0.5, 0.6) is 0 Å². The van der Waals surface area contributed by atoms with E-state index in [0.29, 0.717) is 26.1 Å². The average molecular weight is 321 g/mol. The van der Waals surface area contributed by atoms with E-state index < -0.39 is 10.5 Å². The van der Waals surface area contributed by atoms with Crippen molar-refractivity contribution in [3.8, 4) is 0 Å². The summed E-state index contributed by atoms with van der Waals surface area (Å²) in [4.78, 5) is 24.5. The molecule has 7 heteroatoms. The highest BCUT2D eigenvalue weighted by atomic mass is 16.6. The fraction of sp³-hybridized carbons (Fsp3) is 0.562. The number of hydrogen-bond donors (Lipinski definition) is 1. The Bertz CT molecular complexity index is 583. The molecule has 1 aliphatic rings. The molecule has 0 saturated carbocycles. The first-order valence-corrected chi connectivity index (χ1v) is 7.70. The monoisotopic (exact) mass is 321 g/mol. The minimum atomic E-state index is -0.544. The second-order valence-electron chi connectivity index (χ2n) is 6.66. The lowest BCUT2D eigenvalue weighted by molar-refractivity contribution is -0.384. The number of non-ortho nitro benzene ring substituents is 1. The van der Waals surface area contributed by atoms with Crippen molar-refractivity contribution in [2.24, 2.45) is 0 Å². The van der Waals surface area contributed by atoms with E-state index in [2.05, 4.69) is 5.32 Å². The molecule has 1 saturated heterocycles. The Balaban J connectivity index is 2.11. The number of nitro groups is 1. The van der Waals surface area contributed by atoms with Gasteiger partial charge in [-0.2, -0.15) is 0 Å². The number of nitrogens with zero attached hydrogens (tertiary/aromatic N) is 2. The maximum absolute atomic E-state index is 12.4. The number of benzene rings is 1. The van der Waals surface area contributed by atoms with Crippen molar-refractivity contribution in [1.82, 2.24) is 10.2 Å². The molecule has 1 heterocycles. The summed E-state index contributed by atoms with van der Waals surface area (Å²) in [6, 6.07) is 6.45. The first-order chi connectivity index (χ1) is 10.8. The van der Waals surface area contributed by atoms with Crippen molar-refractivity contribution in [1.29, 1.82) is 0 Å². The van der Waals surface area contributed by atoms with E-state index in [-0.39, 0.29) is 17.8 Å². The van der Waals surface area contributed by atoms with Crippen LogP contribution >= 0.6 is 0 Å². The van der Waals surface area contributed by atoms with Gasteiger partial charge in [0.25, 0.3) is 5.69 Å². The van der Waals surface area contributed by atoms with Gasteiger partial charge >= 0.3 is 6.09 Å². The number of ether oxygens (including phenoxy) is 1. The molecular weight excluding hydrogens is 298 g/mol. The molecule has 2 rings (SSSR count). The van der Waals surface area contributed by atoms with Gasteiger partial charge in [-0.3, -0.25) is 10.1 Å². The first kappa shape index (κ1) is 17.2. The highest BCUT2D eigenvalue weighted by Crippen LogP contribution is 2.19. The molecule has 126 valence electrons. The van der Waals surface area contributed by atoms with Crippen LogP contribution in [0.3, 0.4) is 0 Å². The number of rotatable bonds is 3. The van der Waals surface area contributed by atoms with Gasteiger partial charge in [-0.05, 0) is 32.8 Å². The lowest BCUT2D eigenvalue weighted by Crippen LogP contribution is -2.55. The van der Waals surface area contributed by atoms with Crippen LogP contribution in [0.1, 0.15) is 26.3 Å². The lowest BCUT2D eigenvalue weighted by Gasteiger charge is -2.37. The fourth-order valence-electron chi connectivity index (χ4n) is 2.57. The predicted molar refractivity (Wildman–Crippen MR) is 86.4 cm³/mol. The third-order valence-electron chi connectivity index (χ3n) is 3.57. The van der Waals surface area contributed by atoms with Gasteiger partial charge in [-0.1, -0.05) is 12.1 Å². The molecule has 1 aliphatic heterocycles. The Kier molecular flexibility index (Phi) is 5.20. The normalized spacial score (nSPS) is 18.6. The molecule has 0 aliphatic carbocycles. The van der Waals surface area contributed by atoms with Gasteiger partial charge < -0.3 is 15.0 Å². The van der Waals surface area contributed by atoms with Crippen molar-refractivity contribution in [2.75, 3.05) is 19.6 Å².